The van der Waals surface area contributed by atoms with E-state index in [1.807, 2.05) is 16.9 Å². The van der Waals surface area contributed by atoms with Gasteiger partial charge < -0.3 is 10.4 Å². The minimum atomic E-state index is 0.194. The lowest BCUT2D eigenvalue weighted by molar-refractivity contribution is 0.230. The van der Waals surface area contributed by atoms with Crippen LogP contribution in [0.4, 0.5) is 0 Å². The summed E-state index contributed by atoms with van der Waals surface area (Å²) in [5.41, 5.74) is 0. The van der Waals surface area contributed by atoms with Crippen molar-refractivity contribution in [3.05, 3.63) is 18.5 Å². The van der Waals surface area contributed by atoms with Gasteiger partial charge in [0.15, 0.2) is 0 Å². The molecular formula is C10H19N3O. The van der Waals surface area contributed by atoms with E-state index in [2.05, 4.69) is 17.3 Å². The summed E-state index contributed by atoms with van der Waals surface area (Å²) < 4.78 is 1.89. The van der Waals surface area contributed by atoms with E-state index in [1.165, 1.54) is 0 Å². The molecule has 0 saturated heterocycles. The first-order valence-corrected chi connectivity index (χ1v) is 5.18. The molecule has 0 amide bonds. The van der Waals surface area contributed by atoms with Crippen LogP contribution in [-0.2, 0) is 6.54 Å². The first-order valence-electron chi connectivity index (χ1n) is 5.18. The van der Waals surface area contributed by atoms with Crippen molar-refractivity contribution in [3.8, 4) is 0 Å². The first-order chi connectivity index (χ1) is 6.86. The van der Waals surface area contributed by atoms with Gasteiger partial charge in [-0.25, -0.2) is 0 Å². The second-order valence-corrected chi connectivity index (χ2v) is 3.39. The van der Waals surface area contributed by atoms with Gasteiger partial charge in [0.05, 0.1) is 6.61 Å². The summed E-state index contributed by atoms with van der Waals surface area (Å²) in [7, 11) is 0. The molecular weight excluding hydrogens is 178 g/mol. The zero-order chi connectivity index (χ0) is 10.2. The molecule has 0 saturated carbocycles. The maximum atomic E-state index is 9.09. The summed E-state index contributed by atoms with van der Waals surface area (Å²) in [5, 5.41) is 16.5. The van der Waals surface area contributed by atoms with Crippen molar-refractivity contribution >= 4 is 0 Å². The number of aliphatic hydroxyl groups excluding tert-OH is 1. The molecule has 0 aliphatic heterocycles. The van der Waals surface area contributed by atoms with Crippen LogP contribution in [0.2, 0.25) is 0 Å². The predicted octanol–water partition coefficient (Wildman–Crippen LogP) is 0.634. The molecule has 0 spiro atoms. The van der Waals surface area contributed by atoms with Gasteiger partial charge in [0.25, 0.3) is 0 Å². The van der Waals surface area contributed by atoms with E-state index in [1.54, 1.807) is 6.20 Å². The molecule has 0 radical (unpaired) electrons. The molecule has 14 heavy (non-hydrogen) atoms. The Bertz CT molecular complexity index is 223. The molecule has 0 fully saturated rings. The Balaban J connectivity index is 2.20. The Kier molecular flexibility index (Phi) is 5.25. The molecule has 1 heterocycles. The molecule has 4 nitrogen and oxygen atoms in total. The normalized spacial score (nSPS) is 13.0. The number of aromatic nitrogens is 2. The van der Waals surface area contributed by atoms with Gasteiger partial charge in [-0.1, -0.05) is 6.92 Å². The molecule has 80 valence electrons. The Hall–Kier alpha value is -0.870. The Labute approximate surface area is 84.9 Å². The third-order valence-electron chi connectivity index (χ3n) is 2.17. The van der Waals surface area contributed by atoms with Crippen LogP contribution < -0.4 is 5.32 Å². The minimum Gasteiger partial charge on any atom is -0.395 e. The zero-order valence-corrected chi connectivity index (χ0v) is 8.69. The van der Waals surface area contributed by atoms with E-state index in [9.17, 15) is 0 Å². The fraction of sp³-hybridized carbons (Fsp3) is 0.700. The molecule has 0 aromatic carbocycles. The number of rotatable bonds is 7. The van der Waals surface area contributed by atoms with Crippen LogP contribution in [-0.4, -0.2) is 34.1 Å². The number of hydrogen-bond donors (Lipinski definition) is 2. The number of aryl methyl sites for hydroxylation is 1. The summed E-state index contributed by atoms with van der Waals surface area (Å²) in [6.07, 6.45) is 5.72. The highest BCUT2D eigenvalue weighted by Gasteiger charge is 2.05. The summed E-state index contributed by atoms with van der Waals surface area (Å²) in [5.74, 6) is 0. The lowest BCUT2D eigenvalue weighted by Crippen LogP contribution is -2.34. The van der Waals surface area contributed by atoms with Crippen molar-refractivity contribution in [1.29, 1.82) is 0 Å². The molecule has 0 aliphatic rings. The lowest BCUT2D eigenvalue weighted by atomic mass is 10.2. The summed E-state index contributed by atoms with van der Waals surface area (Å²) in [6, 6.07) is 2.10. The summed E-state index contributed by atoms with van der Waals surface area (Å²) in [4.78, 5) is 0. The Morgan fingerprint density at radius 3 is 3.00 bits per heavy atom. The van der Waals surface area contributed by atoms with Gasteiger partial charge in [-0.05, 0) is 25.5 Å². The van der Waals surface area contributed by atoms with Crippen molar-refractivity contribution in [2.45, 2.75) is 32.4 Å². The number of aliphatic hydroxyl groups is 1. The van der Waals surface area contributed by atoms with Crippen molar-refractivity contribution in [3.63, 3.8) is 0 Å². The minimum absolute atomic E-state index is 0.194. The van der Waals surface area contributed by atoms with Crippen LogP contribution in [0.25, 0.3) is 0 Å². The maximum absolute atomic E-state index is 9.09. The Morgan fingerprint density at radius 2 is 2.43 bits per heavy atom. The Morgan fingerprint density at radius 1 is 1.57 bits per heavy atom. The first kappa shape index (κ1) is 11.2. The maximum Gasteiger partial charge on any atom is 0.0585 e. The van der Waals surface area contributed by atoms with Crippen LogP contribution >= 0.6 is 0 Å². The van der Waals surface area contributed by atoms with Gasteiger partial charge in [-0.3, -0.25) is 4.68 Å². The van der Waals surface area contributed by atoms with Crippen molar-refractivity contribution in [2.24, 2.45) is 0 Å². The fourth-order valence-corrected chi connectivity index (χ4v) is 1.33. The summed E-state index contributed by atoms with van der Waals surface area (Å²) in [6.45, 7) is 4.13. The molecule has 1 rings (SSSR count). The van der Waals surface area contributed by atoms with Gasteiger partial charge in [0, 0.05) is 25.0 Å². The lowest BCUT2D eigenvalue weighted by Gasteiger charge is -2.15. The van der Waals surface area contributed by atoms with Gasteiger partial charge in [-0.2, -0.15) is 5.10 Å². The molecule has 0 aliphatic carbocycles. The van der Waals surface area contributed by atoms with E-state index in [0.717, 1.165) is 25.9 Å². The third-order valence-corrected chi connectivity index (χ3v) is 2.17. The van der Waals surface area contributed by atoms with Gasteiger partial charge >= 0.3 is 0 Å². The molecule has 4 heteroatoms. The monoisotopic (exact) mass is 197 g/mol. The molecule has 2 N–H and O–H groups in total. The van der Waals surface area contributed by atoms with Crippen LogP contribution in [0.15, 0.2) is 18.5 Å². The average Bonchev–Trinajstić information content (AvgIpc) is 2.71. The van der Waals surface area contributed by atoms with Crippen molar-refractivity contribution < 1.29 is 5.11 Å². The largest absolute Gasteiger partial charge is 0.395 e. The molecule has 0 bridgehead atoms. The highest BCUT2D eigenvalue weighted by Crippen LogP contribution is 1.95. The van der Waals surface area contributed by atoms with Crippen LogP contribution in [0.5, 0.6) is 0 Å². The van der Waals surface area contributed by atoms with E-state index in [-0.39, 0.29) is 12.6 Å². The third kappa shape index (κ3) is 3.89. The SMILES string of the molecule is CCCNC(CO)CCn1cccn1. The van der Waals surface area contributed by atoms with Crippen molar-refractivity contribution in [1.82, 2.24) is 15.1 Å². The highest BCUT2D eigenvalue weighted by atomic mass is 16.3. The average molecular weight is 197 g/mol. The highest BCUT2D eigenvalue weighted by molar-refractivity contribution is 4.78. The summed E-state index contributed by atoms with van der Waals surface area (Å²) >= 11 is 0. The number of hydrogen-bond acceptors (Lipinski definition) is 3. The van der Waals surface area contributed by atoms with E-state index >= 15 is 0 Å². The fourth-order valence-electron chi connectivity index (χ4n) is 1.33. The van der Waals surface area contributed by atoms with Gasteiger partial charge in [0.2, 0.25) is 0 Å². The van der Waals surface area contributed by atoms with Crippen LogP contribution in [0, 0.1) is 0 Å². The quantitative estimate of drug-likeness (QED) is 0.674. The zero-order valence-electron chi connectivity index (χ0n) is 8.69. The van der Waals surface area contributed by atoms with Gasteiger partial charge in [-0.15, -0.1) is 0 Å². The van der Waals surface area contributed by atoms with E-state index in [4.69, 9.17) is 5.11 Å². The smallest absolute Gasteiger partial charge is 0.0585 e. The van der Waals surface area contributed by atoms with Crippen LogP contribution in [0.1, 0.15) is 19.8 Å². The van der Waals surface area contributed by atoms with Crippen molar-refractivity contribution in [2.75, 3.05) is 13.2 Å². The predicted molar refractivity (Wildman–Crippen MR) is 56.0 cm³/mol. The second kappa shape index (κ2) is 6.56. The molecule has 1 unspecified atom stereocenters. The molecule has 1 atom stereocenters. The van der Waals surface area contributed by atoms with E-state index < -0.39 is 0 Å². The number of nitrogens with one attached hydrogen (secondary N) is 1. The number of nitrogens with zero attached hydrogens (tertiary/aromatic N) is 2. The van der Waals surface area contributed by atoms with E-state index in [0.29, 0.717) is 0 Å². The second-order valence-electron chi connectivity index (χ2n) is 3.39. The topological polar surface area (TPSA) is 50.1 Å². The molecule has 1 aromatic rings. The van der Waals surface area contributed by atoms with Gasteiger partial charge in [0.1, 0.15) is 0 Å². The molecule has 1 aromatic heterocycles. The van der Waals surface area contributed by atoms with Crippen LogP contribution in [0.3, 0.4) is 0 Å². The standard InChI is InChI=1S/C10H19N3O/c1-2-5-11-10(9-14)4-8-13-7-3-6-12-13/h3,6-7,10-11,14H,2,4-5,8-9H2,1H3.